The average molecular weight is 262 g/mol. The molecule has 1 N–H and O–H groups in total. The molecule has 1 atom stereocenters. The molecule has 2 rings (SSSR count). The maximum absolute atomic E-state index is 12.0. The fraction of sp³-hybridized carbons (Fsp3) is 0.533. The first-order valence-corrected chi connectivity index (χ1v) is 7.01. The smallest absolute Gasteiger partial charge is 0.239 e. The van der Waals surface area contributed by atoms with Crippen LogP contribution in [0.5, 0.6) is 5.75 Å². The summed E-state index contributed by atoms with van der Waals surface area (Å²) in [6.45, 7) is 5.18. The lowest BCUT2D eigenvalue weighted by Gasteiger charge is -2.17. The van der Waals surface area contributed by atoms with Crippen LogP contribution in [-0.2, 0) is 4.79 Å². The summed E-state index contributed by atoms with van der Waals surface area (Å²) in [7, 11) is 0. The Bertz CT molecular complexity index is 394. The number of para-hydroxylation sites is 1. The number of carbonyl (C=O) groups excluding carboxylic acids is 1. The number of carbonyl (C=O) groups is 1. The quantitative estimate of drug-likeness (QED) is 0.760. The molecule has 0 radical (unpaired) electrons. The molecule has 19 heavy (non-hydrogen) atoms. The van der Waals surface area contributed by atoms with E-state index in [9.17, 15) is 4.79 Å². The molecule has 0 aliphatic carbocycles. The summed E-state index contributed by atoms with van der Waals surface area (Å²) in [6.07, 6.45) is 1.80. The van der Waals surface area contributed by atoms with Crippen LogP contribution in [0.4, 0.5) is 0 Å². The molecule has 0 spiro atoms. The summed E-state index contributed by atoms with van der Waals surface area (Å²) in [5, 5.41) is 3.22. The monoisotopic (exact) mass is 262 g/mol. The van der Waals surface area contributed by atoms with E-state index in [1.807, 2.05) is 42.2 Å². The third kappa shape index (κ3) is 3.96. The molecule has 1 fully saturated rings. The second-order valence-corrected chi connectivity index (χ2v) is 4.74. The van der Waals surface area contributed by atoms with E-state index < -0.39 is 0 Å². The van der Waals surface area contributed by atoms with Crippen molar-refractivity contribution < 1.29 is 9.53 Å². The van der Waals surface area contributed by atoms with Crippen molar-refractivity contribution in [3.05, 3.63) is 30.3 Å². The zero-order valence-corrected chi connectivity index (χ0v) is 11.5. The number of hydrogen-bond acceptors (Lipinski definition) is 3. The Labute approximate surface area is 114 Å². The third-order valence-electron chi connectivity index (χ3n) is 3.33. The zero-order chi connectivity index (χ0) is 13.5. The Morgan fingerprint density at radius 1 is 1.37 bits per heavy atom. The van der Waals surface area contributed by atoms with Gasteiger partial charge in [0.15, 0.2) is 0 Å². The molecule has 0 aromatic heterocycles. The summed E-state index contributed by atoms with van der Waals surface area (Å²) in [5.74, 6) is 1.13. The molecule has 0 saturated carbocycles. The van der Waals surface area contributed by atoms with Crippen LogP contribution in [0, 0.1) is 0 Å². The van der Waals surface area contributed by atoms with Gasteiger partial charge in [0.1, 0.15) is 5.75 Å². The van der Waals surface area contributed by atoms with Crippen LogP contribution in [0.3, 0.4) is 0 Å². The third-order valence-corrected chi connectivity index (χ3v) is 3.33. The van der Waals surface area contributed by atoms with Crippen molar-refractivity contribution in [3.63, 3.8) is 0 Å². The topological polar surface area (TPSA) is 41.6 Å². The molecule has 1 aliphatic rings. The molecule has 1 heterocycles. The molecule has 1 aromatic rings. The van der Waals surface area contributed by atoms with E-state index in [-0.39, 0.29) is 11.9 Å². The first kappa shape index (κ1) is 13.9. The van der Waals surface area contributed by atoms with Crippen molar-refractivity contribution in [2.24, 2.45) is 0 Å². The molecular formula is C15H22N2O2. The molecule has 1 saturated heterocycles. The number of hydrogen-bond donors (Lipinski definition) is 1. The van der Waals surface area contributed by atoms with Crippen LogP contribution in [0.1, 0.15) is 19.8 Å². The largest absolute Gasteiger partial charge is 0.494 e. The fourth-order valence-electron chi connectivity index (χ4n) is 2.36. The number of likely N-dealkylation sites (tertiary alicyclic amines) is 1. The molecule has 1 amide bonds. The van der Waals surface area contributed by atoms with Crippen molar-refractivity contribution in [2.45, 2.75) is 25.8 Å². The molecule has 1 aliphatic heterocycles. The predicted octanol–water partition coefficient (Wildman–Crippen LogP) is 1.67. The fourth-order valence-corrected chi connectivity index (χ4v) is 2.36. The Kier molecular flexibility index (Phi) is 5.21. The highest BCUT2D eigenvalue weighted by Crippen LogP contribution is 2.12. The lowest BCUT2D eigenvalue weighted by molar-refractivity contribution is -0.129. The van der Waals surface area contributed by atoms with Crippen LogP contribution < -0.4 is 10.1 Å². The van der Waals surface area contributed by atoms with Gasteiger partial charge in [-0.2, -0.15) is 0 Å². The van der Waals surface area contributed by atoms with Crippen LogP contribution in [0.15, 0.2) is 30.3 Å². The van der Waals surface area contributed by atoms with Crippen molar-refractivity contribution in [1.82, 2.24) is 10.2 Å². The summed E-state index contributed by atoms with van der Waals surface area (Å²) < 4.78 is 5.62. The summed E-state index contributed by atoms with van der Waals surface area (Å²) >= 11 is 0. The van der Waals surface area contributed by atoms with Gasteiger partial charge in [-0.3, -0.25) is 4.79 Å². The van der Waals surface area contributed by atoms with Crippen LogP contribution in [0.2, 0.25) is 0 Å². The lowest BCUT2D eigenvalue weighted by Crippen LogP contribution is -2.38. The number of rotatable bonds is 7. The van der Waals surface area contributed by atoms with E-state index in [0.717, 1.165) is 38.2 Å². The minimum absolute atomic E-state index is 0.0278. The number of amides is 1. The van der Waals surface area contributed by atoms with E-state index in [4.69, 9.17) is 4.74 Å². The first-order chi connectivity index (χ1) is 9.31. The van der Waals surface area contributed by atoms with E-state index in [1.165, 1.54) is 0 Å². The molecule has 4 nitrogen and oxygen atoms in total. The summed E-state index contributed by atoms with van der Waals surface area (Å²) in [4.78, 5) is 13.9. The first-order valence-electron chi connectivity index (χ1n) is 7.01. The van der Waals surface area contributed by atoms with Gasteiger partial charge in [-0.05, 0) is 31.5 Å². The Morgan fingerprint density at radius 3 is 2.89 bits per heavy atom. The van der Waals surface area contributed by atoms with Crippen molar-refractivity contribution in [1.29, 1.82) is 0 Å². The highest BCUT2D eigenvalue weighted by molar-refractivity contribution is 5.83. The highest BCUT2D eigenvalue weighted by Gasteiger charge is 2.29. The summed E-state index contributed by atoms with van der Waals surface area (Å²) in [6, 6.07) is 9.81. The molecular weight excluding hydrogens is 240 g/mol. The van der Waals surface area contributed by atoms with Gasteiger partial charge in [-0.25, -0.2) is 0 Å². The molecule has 0 bridgehead atoms. The zero-order valence-electron chi connectivity index (χ0n) is 11.5. The van der Waals surface area contributed by atoms with Gasteiger partial charge in [-0.1, -0.05) is 25.1 Å². The lowest BCUT2D eigenvalue weighted by atomic mass is 10.2. The van der Waals surface area contributed by atoms with Gasteiger partial charge in [0.2, 0.25) is 5.91 Å². The van der Waals surface area contributed by atoms with Crippen LogP contribution >= 0.6 is 0 Å². The molecule has 1 aromatic carbocycles. The van der Waals surface area contributed by atoms with Crippen molar-refractivity contribution in [2.75, 3.05) is 26.2 Å². The number of likely N-dealkylation sites (N-methyl/N-ethyl adjacent to an activating group) is 1. The minimum Gasteiger partial charge on any atom is -0.494 e. The Hall–Kier alpha value is -1.55. The second kappa shape index (κ2) is 7.14. The van der Waals surface area contributed by atoms with E-state index in [0.29, 0.717) is 6.61 Å². The number of nitrogens with zero attached hydrogens (tertiary/aromatic N) is 1. The van der Waals surface area contributed by atoms with Crippen molar-refractivity contribution >= 4 is 5.91 Å². The maximum atomic E-state index is 12.0. The van der Waals surface area contributed by atoms with Gasteiger partial charge >= 0.3 is 0 Å². The van der Waals surface area contributed by atoms with Gasteiger partial charge in [-0.15, -0.1) is 0 Å². The van der Waals surface area contributed by atoms with E-state index in [1.54, 1.807) is 0 Å². The Balaban J connectivity index is 1.65. The van der Waals surface area contributed by atoms with E-state index in [2.05, 4.69) is 5.32 Å². The SMILES string of the molecule is CCNC1CCN(CCCOc2ccccc2)C1=O. The van der Waals surface area contributed by atoms with Gasteiger partial charge in [0, 0.05) is 13.1 Å². The van der Waals surface area contributed by atoms with Gasteiger partial charge in [0.05, 0.1) is 12.6 Å². The maximum Gasteiger partial charge on any atom is 0.239 e. The van der Waals surface area contributed by atoms with Crippen LogP contribution in [-0.4, -0.2) is 43.1 Å². The molecule has 4 heteroatoms. The Morgan fingerprint density at radius 2 is 2.16 bits per heavy atom. The van der Waals surface area contributed by atoms with Gasteiger partial charge in [0.25, 0.3) is 0 Å². The number of benzene rings is 1. The van der Waals surface area contributed by atoms with Gasteiger partial charge < -0.3 is 15.0 Å². The summed E-state index contributed by atoms with van der Waals surface area (Å²) in [5.41, 5.74) is 0. The predicted molar refractivity (Wildman–Crippen MR) is 75.2 cm³/mol. The highest BCUT2D eigenvalue weighted by atomic mass is 16.5. The van der Waals surface area contributed by atoms with Crippen molar-refractivity contribution in [3.8, 4) is 5.75 Å². The minimum atomic E-state index is 0.0278. The number of nitrogens with one attached hydrogen (secondary N) is 1. The molecule has 1 unspecified atom stereocenters. The second-order valence-electron chi connectivity index (χ2n) is 4.74. The van der Waals surface area contributed by atoms with Crippen LogP contribution in [0.25, 0.3) is 0 Å². The standard InChI is InChI=1S/C15H22N2O2/c1-2-16-14-9-11-17(15(14)18)10-6-12-19-13-7-4-3-5-8-13/h3-5,7-8,14,16H,2,6,9-12H2,1H3. The number of ether oxygens (including phenoxy) is 1. The molecule has 104 valence electrons. The van der Waals surface area contributed by atoms with E-state index >= 15 is 0 Å². The average Bonchev–Trinajstić information content (AvgIpc) is 2.78. The normalized spacial score (nSPS) is 18.9.